The van der Waals surface area contributed by atoms with Crippen LogP contribution in [0.1, 0.15) is 11.3 Å². The molecule has 3 N–H and O–H groups in total. The third-order valence-corrected chi connectivity index (χ3v) is 1.63. The minimum absolute atomic E-state index is 0.550. The molecule has 0 aromatic carbocycles. The van der Waals surface area contributed by atoms with Crippen LogP contribution in [0.3, 0.4) is 0 Å². The number of hydrogen-bond donors (Lipinski definition) is 3. The summed E-state index contributed by atoms with van der Waals surface area (Å²) >= 11 is 4.16. The number of hydrogen-bond acceptors (Lipinski definition) is 2. The standard InChI is InChI=1S/C7H10N2S/c1-4-3-6(5(2)8)7(10)9-4/h3,9-10H,2,8H2,1H3. The number of nitrogens with one attached hydrogen (secondary N) is 1. The normalized spacial score (nSPS) is 9.80. The maximum atomic E-state index is 5.46. The second kappa shape index (κ2) is 2.42. The SMILES string of the molecule is C=C(N)c1cc(C)[nH]c1S. The van der Waals surface area contributed by atoms with Gasteiger partial charge in [-0.3, -0.25) is 0 Å². The summed E-state index contributed by atoms with van der Waals surface area (Å²) in [6, 6.07) is 1.92. The fourth-order valence-electron chi connectivity index (χ4n) is 0.820. The van der Waals surface area contributed by atoms with Gasteiger partial charge in [0.1, 0.15) is 0 Å². The van der Waals surface area contributed by atoms with Crippen LogP contribution >= 0.6 is 12.6 Å². The lowest BCUT2D eigenvalue weighted by Gasteiger charge is -1.93. The summed E-state index contributed by atoms with van der Waals surface area (Å²) in [5, 5.41) is 0.782. The van der Waals surface area contributed by atoms with Gasteiger partial charge in [0, 0.05) is 17.0 Å². The van der Waals surface area contributed by atoms with Crippen molar-refractivity contribution in [3.8, 4) is 0 Å². The van der Waals surface area contributed by atoms with Crippen LogP contribution in [0.5, 0.6) is 0 Å². The Labute approximate surface area is 65.5 Å². The lowest BCUT2D eigenvalue weighted by atomic mass is 10.2. The molecule has 0 atom stereocenters. The maximum absolute atomic E-state index is 5.46. The zero-order valence-electron chi connectivity index (χ0n) is 5.81. The van der Waals surface area contributed by atoms with Crippen LogP contribution in [0.25, 0.3) is 5.70 Å². The Kier molecular flexibility index (Phi) is 1.76. The molecular formula is C7H10N2S. The summed E-state index contributed by atoms with van der Waals surface area (Å²) in [4.78, 5) is 3.01. The molecule has 1 heterocycles. The highest BCUT2D eigenvalue weighted by Crippen LogP contribution is 2.17. The fraction of sp³-hybridized carbons (Fsp3) is 0.143. The van der Waals surface area contributed by atoms with Crippen molar-refractivity contribution >= 4 is 18.3 Å². The van der Waals surface area contributed by atoms with Gasteiger partial charge in [0.05, 0.1) is 5.03 Å². The molecule has 0 fully saturated rings. The Morgan fingerprint density at radius 3 is 2.60 bits per heavy atom. The van der Waals surface area contributed by atoms with E-state index in [2.05, 4.69) is 24.2 Å². The molecule has 1 rings (SSSR count). The average molecular weight is 154 g/mol. The molecule has 0 spiro atoms. The molecule has 0 saturated heterocycles. The lowest BCUT2D eigenvalue weighted by Crippen LogP contribution is -1.92. The van der Waals surface area contributed by atoms with Crippen molar-refractivity contribution in [2.75, 3.05) is 0 Å². The van der Waals surface area contributed by atoms with Gasteiger partial charge in [0.15, 0.2) is 0 Å². The van der Waals surface area contributed by atoms with Crippen LogP contribution in [-0.2, 0) is 0 Å². The van der Waals surface area contributed by atoms with E-state index in [1.807, 2.05) is 13.0 Å². The van der Waals surface area contributed by atoms with E-state index >= 15 is 0 Å². The van der Waals surface area contributed by atoms with Crippen LogP contribution < -0.4 is 5.73 Å². The van der Waals surface area contributed by atoms with Crippen molar-refractivity contribution < 1.29 is 0 Å². The molecule has 0 aliphatic carbocycles. The Hall–Kier alpha value is -0.830. The monoisotopic (exact) mass is 154 g/mol. The van der Waals surface area contributed by atoms with Crippen molar-refractivity contribution in [3.63, 3.8) is 0 Å². The first kappa shape index (κ1) is 7.28. The predicted molar refractivity (Wildman–Crippen MR) is 46.0 cm³/mol. The molecule has 1 aromatic rings. The van der Waals surface area contributed by atoms with E-state index in [0.29, 0.717) is 5.70 Å². The molecule has 0 bridgehead atoms. The molecule has 0 aliphatic heterocycles. The number of nitrogens with two attached hydrogens (primary N) is 1. The molecule has 0 aliphatic rings. The number of aromatic nitrogens is 1. The van der Waals surface area contributed by atoms with Crippen LogP contribution in [0.2, 0.25) is 0 Å². The van der Waals surface area contributed by atoms with E-state index < -0.39 is 0 Å². The van der Waals surface area contributed by atoms with Gasteiger partial charge in [-0.1, -0.05) is 6.58 Å². The number of aromatic amines is 1. The Morgan fingerprint density at radius 1 is 1.80 bits per heavy atom. The highest BCUT2D eigenvalue weighted by atomic mass is 32.1. The molecule has 0 unspecified atom stereocenters. The molecule has 0 radical (unpaired) electrons. The van der Waals surface area contributed by atoms with Crippen molar-refractivity contribution in [1.82, 2.24) is 4.98 Å². The van der Waals surface area contributed by atoms with Gasteiger partial charge in [0.25, 0.3) is 0 Å². The highest BCUT2D eigenvalue weighted by Gasteiger charge is 2.01. The summed E-state index contributed by atoms with van der Waals surface area (Å²) in [6.45, 7) is 5.56. The summed E-state index contributed by atoms with van der Waals surface area (Å²) < 4.78 is 0. The van der Waals surface area contributed by atoms with E-state index in [0.717, 1.165) is 16.3 Å². The highest BCUT2D eigenvalue weighted by molar-refractivity contribution is 7.80. The van der Waals surface area contributed by atoms with E-state index in [9.17, 15) is 0 Å². The average Bonchev–Trinajstić information content (AvgIpc) is 2.10. The molecule has 0 amide bonds. The molecular weight excluding hydrogens is 144 g/mol. The molecule has 2 nitrogen and oxygen atoms in total. The number of H-pyrrole nitrogens is 1. The van der Waals surface area contributed by atoms with Gasteiger partial charge in [-0.05, 0) is 13.0 Å². The third kappa shape index (κ3) is 1.19. The maximum Gasteiger partial charge on any atom is 0.0787 e. The van der Waals surface area contributed by atoms with Gasteiger partial charge in [-0.25, -0.2) is 0 Å². The van der Waals surface area contributed by atoms with Gasteiger partial charge in [-0.15, -0.1) is 12.6 Å². The zero-order chi connectivity index (χ0) is 7.72. The van der Waals surface area contributed by atoms with E-state index in [-0.39, 0.29) is 0 Å². The number of aryl methyl sites for hydroxylation is 1. The Balaban J connectivity index is 3.15. The quantitative estimate of drug-likeness (QED) is 0.528. The summed E-state index contributed by atoms with van der Waals surface area (Å²) in [5.74, 6) is 0. The molecule has 54 valence electrons. The topological polar surface area (TPSA) is 41.8 Å². The van der Waals surface area contributed by atoms with Gasteiger partial charge in [-0.2, -0.15) is 0 Å². The van der Waals surface area contributed by atoms with Crippen LogP contribution in [-0.4, -0.2) is 4.98 Å². The van der Waals surface area contributed by atoms with E-state index in [4.69, 9.17) is 5.73 Å². The van der Waals surface area contributed by atoms with Crippen molar-refractivity contribution in [1.29, 1.82) is 0 Å². The van der Waals surface area contributed by atoms with Crippen LogP contribution in [0.4, 0.5) is 0 Å². The van der Waals surface area contributed by atoms with Gasteiger partial charge < -0.3 is 10.7 Å². The Bertz CT molecular complexity index is 263. The van der Waals surface area contributed by atoms with E-state index in [1.165, 1.54) is 0 Å². The Morgan fingerprint density at radius 2 is 2.40 bits per heavy atom. The van der Waals surface area contributed by atoms with Crippen molar-refractivity contribution in [3.05, 3.63) is 23.9 Å². The second-order valence-electron chi connectivity index (χ2n) is 2.24. The number of thiol groups is 1. The smallest absolute Gasteiger partial charge is 0.0787 e. The van der Waals surface area contributed by atoms with Crippen molar-refractivity contribution in [2.24, 2.45) is 5.73 Å². The van der Waals surface area contributed by atoms with E-state index in [1.54, 1.807) is 0 Å². The summed E-state index contributed by atoms with van der Waals surface area (Å²) in [6.07, 6.45) is 0. The van der Waals surface area contributed by atoms with Crippen molar-refractivity contribution in [2.45, 2.75) is 11.9 Å². The first-order valence-electron chi connectivity index (χ1n) is 2.94. The first-order valence-corrected chi connectivity index (χ1v) is 3.39. The largest absolute Gasteiger partial charge is 0.399 e. The second-order valence-corrected chi connectivity index (χ2v) is 2.69. The number of rotatable bonds is 1. The van der Waals surface area contributed by atoms with Gasteiger partial charge >= 0.3 is 0 Å². The van der Waals surface area contributed by atoms with Crippen LogP contribution in [0, 0.1) is 6.92 Å². The minimum Gasteiger partial charge on any atom is -0.399 e. The molecule has 10 heavy (non-hydrogen) atoms. The molecule has 0 saturated carbocycles. The fourth-order valence-corrected chi connectivity index (χ4v) is 1.20. The zero-order valence-corrected chi connectivity index (χ0v) is 6.70. The predicted octanol–water partition coefficient (Wildman–Crippen LogP) is 1.54. The van der Waals surface area contributed by atoms with Crippen LogP contribution in [0.15, 0.2) is 17.7 Å². The summed E-state index contributed by atoms with van der Waals surface area (Å²) in [7, 11) is 0. The van der Waals surface area contributed by atoms with Gasteiger partial charge in [0.2, 0.25) is 0 Å². The molecule has 3 heteroatoms. The first-order chi connectivity index (χ1) is 4.61. The summed E-state index contributed by atoms with van der Waals surface area (Å²) in [5.41, 5.74) is 7.95. The third-order valence-electron chi connectivity index (χ3n) is 1.28. The molecule has 1 aromatic heterocycles. The lowest BCUT2D eigenvalue weighted by molar-refractivity contribution is 1.13. The minimum atomic E-state index is 0.550.